The lowest BCUT2D eigenvalue weighted by Crippen LogP contribution is -2.29. The zero-order chi connectivity index (χ0) is 13.0. The molecular formula is C9H10N4O2S3. The number of amides is 1. The summed E-state index contributed by atoms with van der Waals surface area (Å²) in [5.74, 6) is 5.96. The van der Waals surface area contributed by atoms with E-state index in [1.165, 1.54) is 29.4 Å². The van der Waals surface area contributed by atoms with Gasteiger partial charge in [-0.15, -0.1) is 10.2 Å². The van der Waals surface area contributed by atoms with Gasteiger partial charge in [0.1, 0.15) is 12.0 Å². The van der Waals surface area contributed by atoms with Gasteiger partial charge in [-0.25, -0.2) is 5.84 Å². The molecule has 18 heavy (non-hydrogen) atoms. The molecule has 6 nitrogen and oxygen atoms in total. The van der Waals surface area contributed by atoms with Crippen molar-refractivity contribution >= 4 is 40.8 Å². The molecule has 0 fully saturated rings. The Hall–Kier alpha value is -1.03. The SMILES string of the molecule is CSc1nnc(SCc2cc(C(=O)NN)co2)s1. The van der Waals surface area contributed by atoms with Crippen molar-refractivity contribution in [1.29, 1.82) is 0 Å². The van der Waals surface area contributed by atoms with Gasteiger partial charge in [-0.05, 0) is 12.3 Å². The van der Waals surface area contributed by atoms with Gasteiger partial charge >= 0.3 is 0 Å². The van der Waals surface area contributed by atoms with Crippen LogP contribution in [0.25, 0.3) is 0 Å². The predicted octanol–water partition coefficient (Wildman–Crippen LogP) is 1.75. The number of nitrogens with one attached hydrogen (secondary N) is 1. The molecule has 0 atom stereocenters. The van der Waals surface area contributed by atoms with Crippen molar-refractivity contribution in [2.75, 3.05) is 6.26 Å². The van der Waals surface area contributed by atoms with E-state index in [4.69, 9.17) is 10.3 Å². The molecule has 0 saturated heterocycles. The van der Waals surface area contributed by atoms with Crippen LogP contribution in [0.4, 0.5) is 0 Å². The standard InChI is InChI=1S/C9H10N4O2S3/c1-16-8-12-13-9(18-8)17-4-6-2-5(3-15-6)7(14)11-10/h2-3H,4,10H2,1H3,(H,11,14). The van der Waals surface area contributed by atoms with Crippen LogP contribution in [-0.2, 0) is 5.75 Å². The molecule has 3 N–H and O–H groups in total. The fourth-order valence-corrected chi connectivity index (χ4v) is 3.46. The minimum atomic E-state index is -0.365. The molecule has 2 aromatic rings. The summed E-state index contributed by atoms with van der Waals surface area (Å²) in [7, 11) is 0. The first-order chi connectivity index (χ1) is 8.72. The highest BCUT2D eigenvalue weighted by Gasteiger charge is 2.10. The molecule has 0 aliphatic rings. The van der Waals surface area contributed by atoms with Crippen LogP contribution in [0.2, 0.25) is 0 Å². The molecule has 2 heterocycles. The third-order valence-electron chi connectivity index (χ3n) is 1.95. The summed E-state index contributed by atoms with van der Waals surface area (Å²) >= 11 is 4.61. The highest BCUT2D eigenvalue weighted by atomic mass is 32.2. The second kappa shape index (κ2) is 6.23. The molecule has 1 amide bonds. The van der Waals surface area contributed by atoms with Crippen LogP contribution in [-0.4, -0.2) is 22.4 Å². The van der Waals surface area contributed by atoms with E-state index in [-0.39, 0.29) is 5.91 Å². The second-order valence-electron chi connectivity index (χ2n) is 3.10. The summed E-state index contributed by atoms with van der Waals surface area (Å²) in [4.78, 5) is 11.2. The maximum atomic E-state index is 11.2. The van der Waals surface area contributed by atoms with Crippen molar-refractivity contribution in [3.63, 3.8) is 0 Å². The first-order valence-electron chi connectivity index (χ1n) is 4.81. The van der Waals surface area contributed by atoms with Crippen LogP contribution in [0, 0.1) is 0 Å². The van der Waals surface area contributed by atoms with Gasteiger partial charge in [0.25, 0.3) is 5.91 Å². The van der Waals surface area contributed by atoms with Gasteiger partial charge in [-0.1, -0.05) is 34.9 Å². The normalized spacial score (nSPS) is 10.6. The quantitative estimate of drug-likeness (QED) is 0.376. The Bertz CT molecular complexity index is 539. The van der Waals surface area contributed by atoms with Crippen molar-refractivity contribution < 1.29 is 9.21 Å². The van der Waals surface area contributed by atoms with Crippen molar-refractivity contribution in [1.82, 2.24) is 15.6 Å². The Morgan fingerprint density at radius 2 is 2.33 bits per heavy atom. The van der Waals surface area contributed by atoms with E-state index in [0.717, 1.165) is 8.68 Å². The smallest absolute Gasteiger partial charge is 0.268 e. The molecule has 96 valence electrons. The molecule has 0 unspecified atom stereocenters. The Morgan fingerprint density at radius 3 is 3.00 bits per heavy atom. The maximum Gasteiger partial charge on any atom is 0.268 e. The Kier molecular flexibility index (Phi) is 4.64. The summed E-state index contributed by atoms with van der Waals surface area (Å²) in [6.07, 6.45) is 3.34. The number of hydrogen-bond donors (Lipinski definition) is 2. The van der Waals surface area contributed by atoms with Gasteiger partial charge in [0.15, 0.2) is 8.68 Å². The lowest BCUT2D eigenvalue weighted by Gasteiger charge is -1.92. The van der Waals surface area contributed by atoms with Crippen LogP contribution in [0.5, 0.6) is 0 Å². The molecule has 0 aromatic carbocycles. The first kappa shape index (κ1) is 13.4. The van der Waals surface area contributed by atoms with Crippen molar-refractivity contribution in [2.45, 2.75) is 14.4 Å². The minimum Gasteiger partial charge on any atom is -0.468 e. The van der Waals surface area contributed by atoms with E-state index >= 15 is 0 Å². The van der Waals surface area contributed by atoms with Crippen LogP contribution in [0.3, 0.4) is 0 Å². The van der Waals surface area contributed by atoms with E-state index in [0.29, 0.717) is 17.1 Å². The van der Waals surface area contributed by atoms with Gasteiger partial charge in [-0.3, -0.25) is 10.2 Å². The molecule has 0 aliphatic carbocycles. The van der Waals surface area contributed by atoms with Gasteiger partial charge < -0.3 is 4.42 Å². The second-order valence-corrected chi connectivity index (χ2v) is 6.36. The van der Waals surface area contributed by atoms with E-state index in [1.807, 2.05) is 6.26 Å². The summed E-state index contributed by atoms with van der Waals surface area (Å²) in [6, 6.07) is 1.66. The van der Waals surface area contributed by atoms with Crippen molar-refractivity contribution in [3.05, 3.63) is 23.7 Å². The zero-order valence-corrected chi connectivity index (χ0v) is 11.8. The summed E-state index contributed by atoms with van der Waals surface area (Å²) in [5, 5.41) is 8.02. The monoisotopic (exact) mass is 302 g/mol. The number of aromatic nitrogens is 2. The average molecular weight is 302 g/mol. The first-order valence-corrected chi connectivity index (χ1v) is 7.84. The number of rotatable bonds is 5. The van der Waals surface area contributed by atoms with Crippen LogP contribution < -0.4 is 11.3 Å². The van der Waals surface area contributed by atoms with E-state index in [2.05, 4.69) is 15.6 Å². The van der Waals surface area contributed by atoms with Crippen molar-refractivity contribution in [3.8, 4) is 0 Å². The largest absolute Gasteiger partial charge is 0.468 e. The number of carbonyl (C=O) groups is 1. The van der Waals surface area contributed by atoms with E-state index in [1.54, 1.807) is 17.8 Å². The van der Waals surface area contributed by atoms with Gasteiger partial charge in [0, 0.05) is 0 Å². The van der Waals surface area contributed by atoms with Gasteiger partial charge in [0.05, 0.1) is 11.3 Å². The average Bonchev–Trinajstić information content (AvgIpc) is 3.04. The lowest BCUT2D eigenvalue weighted by atomic mass is 10.3. The maximum absolute atomic E-state index is 11.2. The molecule has 0 saturated carbocycles. The van der Waals surface area contributed by atoms with Crippen LogP contribution in [0.15, 0.2) is 25.4 Å². The minimum absolute atomic E-state index is 0.365. The third kappa shape index (κ3) is 3.25. The number of hydrazine groups is 1. The molecule has 0 spiro atoms. The highest BCUT2D eigenvalue weighted by Crippen LogP contribution is 2.29. The van der Waals surface area contributed by atoms with Crippen molar-refractivity contribution in [2.24, 2.45) is 5.84 Å². The molecule has 2 rings (SSSR count). The number of nitrogen functional groups attached to an aromatic ring is 1. The summed E-state index contributed by atoms with van der Waals surface area (Å²) in [6.45, 7) is 0. The Labute approximate surface area is 116 Å². The molecular weight excluding hydrogens is 292 g/mol. The number of nitrogens with zero attached hydrogens (tertiary/aromatic N) is 2. The molecule has 2 aromatic heterocycles. The molecule has 0 aliphatic heterocycles. The number of hydrogen-bond acceptors (Lipinski definition) is 8. The van der Waals surface area contributed by atoms with E-state index in [9.17, 15) is 4.79 Å². The Morgan fingerprint density at radius 1 is 1.56 bits per heavy atom. The zero-order valence-electron chi connectivity index (χ0n) is 9.37. The fraction of sp³-hybridized carbons (Fsp3) is 0.222. The summed E-state index contributed by atoms with van der Waals surface area (Å²) < 4.78 is 7.06. The molecule has 0 bridgehead atoms. The predicted molar refractivity (Wildman–Crippen MR) is 71.6 cm³/mol. The number of carbonyl (C=O) groups excluding carboxylic acids is 1. The lowest BCUT2D eigenvalue weighted by molar-refractivity contribution is 0.0953. The van der Waals surface area contributed by atoms with Crippen LogP contribution >= 0.6 is 34.9 Å². The fourth-order valence-electron chi connectivity index (χ4n) is 1.13. The number of nitrogens with two attached hydrogens (primary N) is 1. The van der Waals surface area contributed by atoms with Crippen LogP contribution in [0.1, 0.15) is 16.1 Å². The Balaban J connectivity index is 1.93. The highest BCUT2D eigenvalue weighted by molar-refractivity contribution is 8.02. The third-order valence-corrected chi connectivity index (χ3v) is 5.00. The van der Waals surface area contributed by atoms with Gasteiger partial charge in [-0.2, -0.15) is 0 Å². The van der Waals surface area contributed by atoms with Gasteiger partial charge in [0.2, 0.25) is 0 Å². The number of furan rings is 1. The molecule has 0 radical (unpaired) electrons. The summed E-state index contributed by atoms with van der Waals surface area (Å²) in [5.41, 5.74) is 2.46. The number of thioether (sulfide) groups is 2. The topological polar surface area (TPSA) is 94.0 Å². The molecule has 9 heteroatoms. The van der Waals surface area contributed by atoms with E-state index < -0.39 is 0 Å².